The van der Waals surface area contributed by atoms with Gasteiger partial charge in [-0.3, -0.25) is 0 Å². The number of halogens is 6. The quantitative estimate of drug-likeness (QED) is 0.436. The van der Waals surface area contributed by atoms with Gasteiger partial charge in [0.2, 0.25) is 0 Å². The Kier molecular flexibility index (Phi) is 14.8. The van der Waals surface area contributed by atoms with Gasteiger partial charge < -0.3 is 6.07 Å². The SMILES string of the molecule is C[SiH2]N[SiH3].ClC1C(Cl)C(Cl)C(Cl)C(Cl)C1Cl.[H-].[Li+]. The van der Waals surface area contributed by atoms with Crippen molar-refractivity contribution < 1.29 is 20.3 Å². The summed E-state index contributed by atoms with van der Waals surface area (Å²) in [6.07, 6.45) is 0. The first-order chi connectivity index (χ1) is 7.38. The van der Waals surface area contributed by atoms with Gasteiger partial charge in [0.25, 0.3) is 0 Å². The molecule has 17 heavy (non-hydrogen) atoms. The van der Waals surface area contributed by atoms with Gasteiger partial charge in [-0.25, -0.2) is 0 Å². The minimum atomic E-state index is -0.437. The molecule has 0 heterocycles. The molecule has 0 amide bonds. The molecule has 0 aromatic rings. The molecular weight excluding hydrogens is 374 g/mol. The van der Waals surface area contributed by atoms with Crippen molar-refractivity contribution in [2.24, 2.45) is 0 Å². The maximum atomic E-state index is 5.88. The zero-order valence-electron chi connectivity index (χ0n) is 10.9. The number of rotatable bonds is 1. The maximum absolute atomic E-state index is 5.88. The second kappa shape index (κ2) is 11.4. The fourth-order valence-corrected chi connectivity index (χ4v) is 3.38. The largest absolute Gasteiger partial charge is 1.00 e. The van der Waals surface area contributed by atoms with Gasteiger partial charge >= 0.3 is 18.9 Å². The summed E-state index contributed by atoms with van der Waals surface area (Å²) in [6.45, 7) is 2.24. The first-order valence-electron chi connectivity index (χ1n) is 4.87. The summed E-state index contributed by atoms with van der Waals surface area (Å²) >= 11 is 35.3. The molecular formula is C7H16Cl6LiNSi2. The van der Waals surface area contributed by atoms with Gasteiger partial charge in [-0.05, 0) is 0 Å². The van der Waals surface area contributed by atoms with E-state index in [0.29, 0.717) is 0 Å². The third-order valence-electron chi connectivity index (χ3n) is 2.18. The van der Waals surface area contributed by atoms with Crippen LogP contribution in [0, 0.1) is 0 Å². The molecule has 0 aliphatic heterocycles. The van der Waals surface area contributed by atoms with Crippen molar-refractivity contribution in [3.63, 3.8) is 0 Å². The summed E-state index contributed by atoms with van der Waals surface area (Å²) in [6, 6.07) is 0. The van der Waals surface area contributed by atoms with E-state index in [2.05, 4.69) is 11.2 Å². The normalized spacial score (nSPS) is 41.8. The van der Waals surface area contributed by atoms with Gasteiger partial charge in [0.15, 0.2) is 0 Å². The van der Waals surface area contributed by atoms with Crippen LogP contribution in [-0.4, -0.2) is 52.3 Å². The molecule has 0 radical (unpaired) electrons. The van der Waals surface area contributed by atoms with Gasteiger partial charge in [-0.15, -0.1) is 69.6 Å². The molecule has 1 saturated carbocycles. The van der Waals surface area contributed by atoms with Crippen LogP contribution in [0.25, 0.3) is 0 Å². The molecule has 0 saturated heterocycles. The Morgan fingerprint density at radius 2 is 0.941 bits per heavy atom. The monoisotopic (exact) mass is 387 g/mol. The Hall–Kier alpha value is 2.73. The van der Waals surface area contributed by atoms with Gasteiger partial charge in [-0.2, -0.15) is 0 Å². The second-order valence-corrected chi connectivity index (χ2v) is 9.93. The molecule has 1 N–H and O–H groups in total. The molecule has 100 valence electrons. The average Bonchev–Trinajstić information content (AvgIpc) is 2.31. The van der Waals surface area contributed by atoms with E-state index in [0.717, 1.165) is 0 Å². The van der Waals surface area contributed by atoms with E-state index in [9.17, 15) is 0 Å². The minimum Gasteiger partial charge on any atom is -1.00 e. The molecule has 10 heteroatoms. The molecule has 1 nitrogen and oxygen atoms in total. The smallest absolute Gasteiger partial charge is 1.00 e. The Bertz CT molecular complexity index is 150. The first kappa shape index (κ1) is 22.0. The number of nitrogens with one attached hydrogen (secondary N) is 1. The molecule has 1 fully saturated rings. The summed E-state index contributed by atoms with van der Waals surface area (Å²) < 4.78 is 3.21. The molecule has 1 aliphatic rings. The molecule has 0 aromatic carbocycles. The third-order valence-corrected chi connectivity index (χ3v) is 9.04. The first-order valence-corrected chi connectivity index (χ1v) is 10.6. The van der Waals surface area contributed by atoms with E-state index in [1.165, 1.54) is 10.4 Å². The third kappa shape index (κ3) is 6.82. The molecule has 0 spiro atoms. The molecule has 0 bridgehead atoms. The van der Waals surface area contributed by atoms with Crippen molar-refractivity contribution in [1.82, 2.24) is 4.65 Å². The van der Waals surface area contributed by atoms with Crippen LogP contribution in [0.4, 0.5) is 0 Å². The van der Waals surface area contributed by atoms with E-state index in [4.69, 9.17) is 69.6 Å². The van der Waals surface area contributed by atoms with Crippen LogP contribution in [0.15, 0.2) is 0 Å². The fraction of sp³-hybridized carbons (Fsp3) is 1.00. The Balaban J connectivity index is -0.000000332. The molecule has 0 atom stereocenters. The second-order valence-electron chi connectivity index (χ2n) is 3.37. The van der Waals surface area contributed by atoms with Gasteiger partial charge in [-0.1, -0.05) is 6.55 Å². The van der Waals surface area contributed by atoms with Crippen molar-refractivity contribution in [2.45, 2.75) is 38.8 Å². The number of alkyl halides is 6. The summed E-state index contributed by atoms with van der Waals surface area (Å²) in [5.74, 6) is 0. The van der Waals surface area contributed by atoms with Crippen molar-refractivity contribution in [3.8, 4) is 0 Å². The van der Waals surface area contributed by atoms with Gasteiger partial charge in [0, 0.05) is 0 Å². The summed E-state index contributed by atoms with van der Waals surface area (Å²) in [5.41, 5.74) is 0. The zero-order valence-corrected chi connectivity index (χ0v) is 17.9. The fourth-order valence-electron chi connectivity index (χ4n) is 1.05. The zero-order chi connectivity index (χ0) is 12.9. The predicted octanol–water partition coefficient (Wildman–Crippen LogP) is -1.25. The molecule has 0 aromatic heterocycles. The van der Waals surface area contributed by atoms with Crippen molar-refractivity contribution in [1.29, 1.82) is 0 Å². The predicted molar refractivity (Wildman–Crippen MR) is 86.4 cm³/mol. The van der Waals surface area contributed by atoms with E-state index >= 15 is 0 Å². The summed E-state index contributed by atoms with van der Waals surface area (Å²) in [5, 5.41) is -2.62. The van der Waals surface area contributed by atoms with E-state index in [1.54, 1.807) is 0 Å². The van der Waals surface area contributed by atoms with E-state index in [-0.39, 0.29) is 30.0 Å². The Labute approximate surface area is 152 Å². The van der Waals surface area contributed by atoms with E-state index in [1.807, 2.05) is 0 Å². The van der Waals surface area contributed by atoms with Crippen LogP contribution in [0.5, 0.6) is 0 Å². The minimum absolute atomic E-state index is 0. The molecule has 0 unspecified atom stereocenters. The molecule has 1 rings (SSSR count). The van der Waals surface area contributed by atoms with Gasteiger partial charge in [0.1, 0.15) is 0 Å². The van der Waals surface area contributed by atoms with Crippen molar-refractivity contribution in [3.05, 3.63) is 0 Å². The maximum Gasteiger partial charge on any atom is 1.00 e. The van der Waals surface area contributed by atoms with Crippen LogP contribution in [0.1, 0.15) is 1.43 Å². The summed E-state index contributed by atoms with van der Waals surface area (Å²) in [4.78, 5) is 0. The van der Waals surface area contributed by atoms with Crippen molar-refractivity contribution in [2.75, 3.05) is 0 Å². The number of hydrogen-bond donors (Lipinski definition) is 1. The standard InChI is InChI=1S/C6H6Cl6.CH9NSi2.Li.H/c7-1-2(8)4(10)6(12)5(11)3(1)9;1-4-2-3;;/h1-6H;2H,4H2,1,3H3;;/q;;+1;-1. The van der Waals surface area contributed by atoms with Crippen molar-refractivity contribution >= 4 is 89.7 Å². The topological polar surface area (TPSA) is 12.0 Å². The van der Waals surface area contributed by atoms with Crippen LogP contribution in [0.3, 0.4) is 0 Å². The van der Waals surface area contributed by atoms with Crippen LogP contribution < -0.4 is 23.5 Å². The number of hydrogen-bond acceptors (Lipinski definition) is 1. The van der Waals surface area contributed by atoms with Crippen LogP contribution in [-0.2, 0) is 0 Å². The molecule has 1 aliphatic carbocycles. The Morgan fingerprint density at radius 1 is 0.824 bits per heavy atom. The Morgan fingerprint density at radius 3 is 1.00 bits per heavy atom. The van der Waals surface area contributed by atoms with Crippen LogP contribution >= 0.6 is 69.6 Å². The van der Waals surface area contributed by atoms with E-state index < -0.39 is 32.3 Å². The summed E-state index contributed by atoms with van der Waals surface area (Å²) in [7, 11) is 1.44. The van der Waals surface area contributed by atoms with Crippen LogP contribution in [0.2, 0.25) is 6.55 Å². The van der Waals surface area contributed by atoms with Gasteiger partial charge in [0.05, 0.1) is 52.3 Å². The average molecular weight is 390 g/mol.